The van der Waals surface area contributed by atoms with E-state index >= 15 is 0 Å². The number of nitrogens with one attached hydrogen (secondary N) is 2. The monoisotopic (exact) mass is 634 g/mol. The second kappa shape index (κ2) is 14.5. The van der Waals surface area contributed by atoms with Gasteiger partial charge in [0.2, 0.25) is 0 Å². The maximum absolute atomic E-state index is 13.8. The van der Waals surface area contributed by atoms with Crippen molar-refractivity contribution in [2.45, 2.75) is 32.4 Å². The molecule has 0 aliphatic heterocycles. The lowest BCUT2D eigenvalue weighted by Crippen LogP contribution is -2.23. The Labute approximate surface area is 279 Å². The van der Waals surface area contributed by atoms with Gasteiger partial charge in [0, 0.05) is 47.5 Å². The van der Waals surface area contributed by atoms with E-state index in [1.165, 1.54) is 0 Å². The van der Waals surface area contributed by atoms with Gasteiger partial charge in [-0.15, -0.1) is 0 Å². The molecule has 1 amide bonds. The van der Waals surface area contributed by atoms with Crippen molar-refractivity contribution >= 4 is 22.8 Å². The summed E-state index contributed by atoms with van der Waals surface area (Å²) >= 11 is 0. The number of ether oxygens (including phenoxy) is 2. The van der Waals surface area contributed by atoms with E-state index in [2.05, 4.69) is 28.3 Å². The highest BCUT2D eigenvalue weighted by molar-refractivity contribution is 6.01. The van der Waals surface area contributed by atoms with Gasteiger partial charge in [-0.25, -0.2) is 4.79 Å². The van der Waals surface area contributed by atoms with Crippen LogP contribution in [0, 0.1) is 11.3 Å². The summed E-state index contributed by atoms with van der Waals surface area (Å²) in [5, 5.41) is 13.4. The first kappa shape index (κ1) is 31.8. The molecule has 2 N–H and O–H groups in total. The van der Waals surface area contributed by atoms with Gasteiger partial charge in [0.15, 0.2) is 0 Å². The first-order valence-electron chi connectivity index (χ1n) is 15.7. The maximum atomic E-state index is 13.8. The zero-order valence-electron chi connectivity index (χ0n) is 26.7. The lowest BCUT2D eigenvalue weighted by atomic mass is 9.82. The van der Waals surface area contributed by atoms with Gasteiger partial charge in [0.25, 0.3) is 5.91 Å². The minimum Gasteiger partial charge on any atom is -0.497 e. The quantitative estimate of drug-likeness (QED) is 0.140. The second-order valence-corrected chi connectivity index (χ2v) is 11.4. The molecule has 1 unspecified atom stereocenters. The van der Waals surface area contributed by atoms with Crippen LogP contribution in [0.1, 0.15) is 67.8 Å². The number of pyridine rings is 1. The van der Waals surface area contributed by atoms with Crippen LogP contribution in [0.3, 0.4) is 0 Å². The van der Waals surface area contributed by atoms with Crippen molar-refractivity contribution in [1.82, 2.24) is 15.3 Å². The number of carbonyl (C=O) groups is 2. The molecular weight excluding hydrogens is 600 g/mol. The van der Waals surface area contributed by atoms with Gasteiger partial charge in [-0.3, -0.25) is 9.78 Å². The van der Waals surface area contributed by atoms with Crippen LogP contribution in [-0.2, 0) is 17.9 Å². The highest BCUT2D eigenvalue weighted by Gasteiger charge is 2.25. The topological polar surface area (TPSA) is 117 Å². The molecule has 0 radical (unpaired) electrons. The van der Waals surface area contributed by atoms with E-state index in [1.807, 2.05) is 91.1 Å². The Morgan fingerprint density at radius 3 is 2.50 bits per heavy atom. The molecule has 0 bridgehead atoms. The molecular formula is C40H34N4O4. The number of nitriles is 1. The van der Waals surface area contributed by atoms with Crippen molar-refractivity contribution < 1.29 is 19.1 Å². The van der Waals surface area contributed by atoms with E-state index in [0.717, 1.165) is 45.1 Å². The van der Waals surface area contributed by atoms with Gasteiger partial charge >= 0.3 is 5.97 Å². The van der Waals surface area contributed by atoms with E-state index < -0.39 is 5.97 Å². The number of aromatic amines is 1. The van der Waals surface area contributed by atoms with E-state index in [1.54, 1.807) is 31.6 Å². The van der Waals surface area contributed by atoms with E-state index in [-0.39, 0.29) is 18.4 Å². The summed E-state index contributed by atoms with van der Waals surface area (Å²) in [5.74, 6) is -0.356. The predicted molar refractivity (Wildman–Crippen MR) is 185 cm³/mol. The van der Waals surface area contributed by atoms with Gasteiger partial charge < -0.3 is 19.8 Å². The highest BCUT2D eigenvalue weighted by atomic mass is 16.5. The Hall–Kier alpha value is -6.20. The minimum absolute atomic E-state index is 0.107. The molecule has 2 aromatic heterocycles. The van der Waals surface area contributed by atoms with Gasteiger partial charge in [-0.1, -0.05) is 55.5 Å². The zero-order valence-corrected chi connectivity index (χ0v) is 26.7. The van der Waals surface area contributed by atoms with Crippen LogP contribution >= 0.6 is 0 Å². The number of aromatic nitrogens is 2. The molecule has 8 nitrogen and oxygen atoms in total. The Balaban J connectivity index is 1.45. The maximum Gasteiger partial charge on any atom is 0.339 e. The number of hydrogen-bond acceptors (Lipinski definition) is 6. The minimum atomic E-state index is -0.505. The van der Waals surface area contributed by atoms with Crippen molar-refractivity contribution in [2.24, 2.45) is 0 Å². The third-order valence-electron chi connectivity index (χ3n) is 8.44. The number of methoxy groups -OCH3 is 1. The lowest BCUT2D eigenvalue weighted by Gasteiger charge is -2.22. The molecule has 0 aliphatic carbocycles. The third kappa shape index (κ3) is 6.81. The van der Waals surface area contributed by atoms with E-state index in [9.17, 15) is 14.9 Å². The molecule has 0 spiro atoms. The molecule has 48 heavy (non-hydrogen) atoms. The Bertz CT molecular complexity index is 2120. The molecule has 0 saturated heterocycles. The van der Waals surface area contributed by atoms with Crippen molar-refractivity contribution in [1.29, 1.82) is 5.26 Å². The molecule has 6 rings (SSSR count). The normalized spacial score (nSPS) is 11.4. The molecule has 1 atom stereocenters. The summed E-state index contributed by atoms with van der Waals surface area (Å²) in [5.41, 5.74) is 7.30. The van der Waals surface area contributed by atoms with Crippen LogP contribution in [-0.4, -0.2) is 29.0 Å². The SMILES string of the molecule is CCC(c1ccc(C(=O)NCc2cccnc2)cc1-c1ccc(OC)cc1C(=O)OCc1ccccc1)c1c[nH]c2cc(C#N)ccc12. The Morgan fingerprint density at radius 2 is 1.75 bits per heavy atom. The largest absolute Gasteiger partial charge is 0.497 e. The number of fused-ring (bicyclic) bond motifs is 1. The number of nitrogens with zero attached hydrogens (tertiary/aromatic N) is 2. The van der Waals surface area contributed by atoms with Crippen LogP contribution in [0.4, 0.5) is 0 Å². The molecule has 0 saturated carbocycles. The summed E-state index contributed by atoms with van der Waals surface area (Å²) in [6.45, 7) is 2.53. The fraction of sp³-hybridized carbons (Fsp3) is 0.150. The fourth-order valence-electron chi connectivity index (χ4n) is 5.99. The standard InChI is InChI=1S/C40H34N4O4/c1-3-31(37-24-43-38-18-27(21-41)11-14-34(37)38)32-15-12-29(39(45)44-23-28-10-7-17-42-22-28)19-35(32)33-16-13-30(47-2)20-36(33)40(46)48-25-26-8-5-4-6-9-26/h4-20,22,24,31,43H,3,23,25H2,1-2H3,(H,44,45). The number of H-pyrrole nitrogens is 1. The number of rotatable bonds is 11. The van der Waals surface area contributed by atoms with Gasteiger partial charge in [-0.2, -0.15) is 5.26 Å². The molecule has 2 heterocycles. The van der Waals surface area contributed by atoms with Crippen molar-refractivity contribution in [3.63, 3.8) is 0 Å². The number of benzene rings is 4. The summed E-state index contributed by atoms with van der Waals surface area (Å²) in [7, 11) is 1.55. The number of amides is 1. The van der Waals surface area contributed by atoms with E-state index in [4.69, 9.17) is 9.47 Å². The summed E-state index contributed by atoms with van der Waals surface area (Å²) in [6.07, 6.45) is 6.11. The molecule has 8 heteroatoms. The fourth-order valence-corrected chi connectivity index (χ4v) is 5.99. The first-order valence-corrected chi connectivity index (χ1v) is 15.7. The lowest BCUT2D eigenvalue weighted by molar-refractivity contribution is 0.0473. The van der Waals surface area contributed by atoms with Crippen molar-refractivity contribution in [3.8, 4) is 22.9 Å². The average molecular weight is 635 g/mol. The molecule has 4 aromatic carbocycles. The number of esters is 1. The predicted octanol–water partition coefficient (Wildman–Crippen LogP) is 7.94. The summed E-state index contributed by atoms with van der Waals surface area (Å²) in [6, 6.07) is 32.0. The first-order chi connectivity index (χ1) is 23.5. The number of carbonyl (C=O) groups excluding carboxylic acids is 2. The van der Waals surface area contributed by atoms with Crippen LogP contribution in [0.2, 0.25) is 0 Å². The van der Waals surface area contributed by atoms with Crippen molar-refractivity contribution in [2.75, 3.05) is 7.11 Å². The average Bonchev–Trinajstić information content (AvgIpc) is 3.56. The van der Waals surface area contributed by atoms with Crippen LogP contribution in [0.25, 0.3) is 22.0 Å². The van der Waals surface area contributed by atoms with Crippen molar-refractivity contribution in [3.05, 3.63) is 155 Å². The van der Waals surface area contributed by atoms with Gasteiger partial charge in [0.05, 0.1) is 24.3 Å². The second-order valence-electron chi connectivity index (χ2n) is 11.4. The van der Waals surface area contributed by atoms with E-state index in [0.29, 0.717) is 34.5 Å². The number of hydrogen-bond donors (Lipinski definition) is 2. The molecule has 6 aromatic rings. The van der Waals surface area contributed by atoms with Crippen LogP contribution < -0.4 is 10.1 Å². The smallest absolute Gasteiger partial charge is 0.339 e. The van der Waals surface area contributed by atoms with Crippen LogP contribution in [0.5, 0.6) is 5.75 Å². The summed E-state index contributed by atoms with van der Waals surface area (Å²) < 4.78 is 11.3. The third-order valence-corrected chi connectivity index (χ3v) is 8.44. The zero-order chi connectivity index (χ0) is 33.5. The molecule has 238 valence electrons. The van der Waals surface area contributed by atoms with Gasteiger partial charge in [-0.05, 0) is 88.3 Å². The highest BCUT2D eigenvalue weighted by Crippen LogP contribution is 2.41. The Morgan fingerprint density at radius 1 is 0.917 bits per heavy atom. The summed E-state index contributed by atoms with van der Waals surface area (Å²) in [4.78, 5) is 34.8. The van der Waals surface area contributed by atoms with Crippen LogP contribution in [0.15, 0.2) is 116 Å². The van der Waals surface area contributed by atoms with Gasteiger partial charge in [0.1, 0.15) is 12.4 Å². The Kier molecular flexibility index (Phi) is 9.59. The molecule has 0 fully saturated rings. The molecule has 0 aliphatic rings.